The second-order valence-electron chi connectivity index (χ2n) is 9.18. The van der Waals surface area contributed by atoms with Crippen LogP contribution in [0.25, 0.3) is 5.57 Å². The molecular weight excluding hydrogens is 441 g/mol. The first-order valence-corrected chi connectivity index (χ1v) is 12.6. The Kier molecular flexibility index (Phi) is 8.72. The molecule has 3 N–H and O–H groups in total. The lowest BCUT2D eigenvalue weighted by molar-refractivity contribution is 0.198. The molecule has 0 saturated carbocycles. The predicted octanol–water partition coefficient (Wildman–Crippen LogP) is 5.28. The SMILES string of the molecule is C/C=C(\C=NCN)C1=C(c2ccc(O[C@H]3CCN(CCCF)C3)cc2)c2ccc(O)cc2CCC1. The summed E-state index contributed by atoms with van der Waals surface area (Å²) in [6.45, 7) is 4.61. The Morgan fingerprint density at radius 3 is 2.80 bits per heavy atom. The van der Waals surface area contributed by atoms with Crippen molar-refractivity contribution in [2.24, 2.45) is 10.7 Å². The van der Waals surface area contributed by atoms with E-state index in [1.807, 2.05) is 37.4 Å². The van der Waals surface area contributed by atoms with E-state index in [9.17, 15) is 9.50 Å². The number of aryl methyl sites for hydroxylation is 1. The first-order valence-electron chi connectivity index (χ1n) is 12.6. The van der Waals surface area contributed by atoms with Crippen LogP contribution in [0, 0.1) is 0 Å². The lowest BCUT2D eigenvalue weighted by atomic mass is 9.87. The van der Waals surface area contributed by atoms with Crippen LogP contribution in [0.15, 0.2) is 64.7 Å². The molecule has 2 aromatic carbocycles. The van der Waals surface area contributed by atoms with Crippen molar-refractivity contribution in [3.63, 3.8) is 0 Å². The Hall–Kier alpha value is -2.96. The minimum absolute atomic E-state index is 0.138. The standard InChI is InChI=1S/C29H36FN3O2/c1-2-21(18-32-20-31)27-6-3-5-23-17-24(34)9-12-28(23)29(27)22-7-10-25(11-8-22)35-26-13-16-33(19-26)15-4-14-30/h2,7-12,17-18,26,34H,3-6,13-16,19-20,31H2,1H3/b21-2+,32-18?/t26-/m0/s1. The number of ether oxygens (including phenoxy) is 1. The van der Waals surface area contributed by atoms with E-state index < -0.39 is 0 Å². The number of allylic oxidation sites excluding steroid dienone is 3. The molecule has 5 nitrogen and oxygen atoms in total. The summed E-state index contributed by atoms with van der Waals surface area (Å²) in [6.07, 6.45) is 8.45. The van der Waals surface area contributed by atoms with Crippen LogP contribution in [0.4, 0.5) is 4.39 Å². The van der Waals surface area contributed by atoms with Crippen LogP contribution in [-0.2, 0) is 6.42 Å². The topological polar surface area (TPSA) is 71.1 Å². The van der Waals surface area contributed by atoms with E-state index in [1.165, 1.54) is 11.1 Å². The van der Waals surface area contributed by atoms with Gasteiger partial charge in [0.15, 0.2) is 0 Å². The van der Waals surface area contributed by atoms with Crippen molar-refractivity contribution in [2.75, 3.05) is 33.0 Å². The minimum atomic E-state index is -0.267. The molecule has 0 bridgehead atoms. The number of benzene rings is 2. The maximum Gasteiger partial charge on any atom is 0.119 e. The second-order valence-corrected chi connectivity index (χ2v) is 9.18. The van der Waals surface area contributed by atoms with Crippen molar-refractivity contribution < 1.29 is 14.2 Å². The molecular formula is C29H36FN3O2. The monoisotopic (exact) mass is 477 g/mol. The molecule has 0 radical (unpaired) electrons. The molecule has 0 aromatic heterocycles. The van der Waals surface area contributed by atoms with Gasteiger partial charge in [0.1, 0.15) is 17.6 Å². The Labute approximate surface area is 207 Å². The molecule has 6 heteroatoms. The number of phenolic OH excluding ortho intramolecular Hbond substituents is 1. The fraction of sp³-hybridized carbons (Fsp3) is 0.414. The number of nitrogens with zero attached hydrogens (tertiary/aromatic N) is 2. The van der Waals surface area contributed by atoms with Crippen LogP contribution >= 0.6 is 0 Å². The van der Waals surface area contributed by atoms with E-state index in [-0.39, 0.29) is 19.4 Å². The van der Waals surface area contributed by atoms with E-state index in [4.69, 9.17) is 10.5 Å². The molecule has 2 aliphatic rings. The normalized spacial score (nSPS) is 19.3. The highest BCUT2D eigenvalue weighted by molar-refractivity contribution is 5.95. The quantitative estimate of drug-likeness (QED) is 0.482. The van der Waals surface area contributed by atoms with Crippen LogP contribution in [0.1, 0.15) is 49.3 Å². The fourth-order valence-electron chi connectivity index (χ4n) is 5.14. The molecule has 1 aliphatic heterocycles. The molecule has 1 atom stereocenters. The van der Waals surface area contributed by atoms with E-state index in [0.717, 1.165) is 73.3 Å². The van der Waals surface area contributed by atoms with Gasteiger partial charge in [0, 0.05) is 25.8 Å². The highest BCUT2D eigenvalue weighted by atomic mass is 19.1. The number of alkyl halides is 1. The summed E-state index contributed by atoms with van der Waals surface area (Å²) in [7, 11) is 0. The van der Waals surface area contributed by atoms with Gasteiger partial charge in [-0.3, -0.25) is 14.3 Å². The third-order valence-corrected chi connectivity index (χ3v) is 6.81. The average molecular weight is 478 g/mol. The first kappa shape index (κ1) is 25.1. The molecule has 0 spiro atoms. The molecule has 4 rings (SSSR count). The molecule has 0 amide bonds. The van der Waals surface area contributed by atoms with E-state index in [1.54, 1.807) is 6.07 Å². The molecule has 35 heavy (non-hydrogen) atoms. The number of hydrogen-bond acceptors (Lipinski definition) is 5. The number of nitrogens with two attached hydrogens (primary N) is 1. The Bertz CT molecular complexity index is 1090. The second kappa shape index (κ2) is 12.1. The number of fused-ring (bicyclic) bond motifs is 1. The van der Waals surface area contributed by atoms with E-state index in [2.05, 4.69) is 28.1 Å². The van der Waals surface area contributed by atoms with Crippen LogP contribution in [0.2, 0.25) is 0 Å². The molecule has 0 unspecified atom stereocenters. The summed E-state index contributed by atoms with van der Waals surface area (Å²) in [5.74, 6) is 1.15. The predicted molar refractivity (Wildman–Crippen MR) is 141 cm³/mol. The number of aliphatic imine (C=N–C) groups is 1. The number of rotatable bonds is 9. The van der Waals surface area contributed by atoms with Crippen LogP contribution in [-0.4, -0.2) is 55.3 Å². The van der Waals surface area contributed by atoms with Crippen LogP contribution in [0.3, 0.4) is 0 Å². The largest absolute Gasteiger partial charge is 0.508 e. The zero-order valence-corrected chi connectivity index (χ0v) is 20.5. The number of hydrogen-bond donors (Lipinski definition) is 2. The summed E-state index contributed by atoms with van der Waals surface area (Å²) < 4.78 is 18.7. The van der Waals surface area contributed by atoms with Gasteiger partial charge in [-0.2, -0.15) is 0 Å². The zero-order valence-electron chi connectivity index (χ0n) is 20.5. The summed E-state index contributed by atoms with van der Waals surface area (Å²) in [5.41, 5.74) is 12.5. The number of likely N-dealkylation sites (tertiary alicyclic amines) is 1. The smallest absolute Gasteiger partial charge is 0.119 e. The van der Waals surface area contributed by atoms with Crippen molar-refractivity contribution in [2.45, 2.75) is 45.1 Å². The Morgan fingerprint density at radius 2 is 2.06 bits per heavy atom. The highest BCUT2D eigenvalue weighted by Gasteiger charge is 2.24. The summed E-state index contributed by atoms with van der Waals surface area (Å²) in [5, 5.41) is 10.1. The van der Waals surface area contributed by atoms with E-state index in [0.29, 0.717) is 12.2 Å². The highest BCUT2D eigenvalue weighted by Crippen LogP contribution is 2.39. The average Bonchev–Trinajstić information content (AvgIpc) is 3.23. The van der Waals surface area contributed by atoms with Crippen molar-refractivity contribution in [3.8, 4) is 11.5 Å². The van der Waals surface area contributed by atoms with Gasteiger partial charge < -0.3 is 15.6 Å². The van der Waals surface area contributed by atoms with Crippen molar-refractivity contribution in [1.82, 2.24) is 4.90 Å². The minimum Gasteiger partial charge on any atom is -0.508 e. The lowest BCUT2D eigenvalue weighted by Crippen LogP contribution is -2.26. The Morgan fingerprint density at radius 1 is 1.23 bits per heavy atom. The molecule has 1 aliphatic carbocycles. The summed E-state index contributed by atoms with van der Waals surface area (Å²) in [6, 6.07) is 14.0. The number of halogens is 1. The molecule has 1 saturated heterocycles. The summed E-state index contributed by atoms with van der Waals surface area (Å²) >= 11 is 0. The third kappa shape index (κ3) is 6.19. The van der Waals surface area contributed by atoms with Crippen molar-refractivity contribution in [1.29, 1.82) is 0 Å². The Balaban J connectivity index is 1.64. The van der Waals surface area contributed by atoms with Gasteiger partial charge in [-0.25, -0.2) is 0 Å². The van der Waals surface area contributed by atoms with Crippen LogP contribution in [0.5, 0.6) is 11.5 Å². The zero-order chi connectivity index (χ0) is 24.6. The van der Waals surface area contributed by atoms with Gasteiger partial charge in [0.25, 0.3) is 0 Å². The molecule has 186 valence electrons. The third-order valence-electron chi connectivity index (χ3n) is 6.81. The van der Waals surface area contributed by atoms with Crippen LogP contribution < -0.4 is 10.5 Å². The van der Waals surface area contributed by atoms with Gasteiger partial charge in [-0.15, -0.1) is 0 Å². The molecule has 1 fully saturated rings. The van der Waals surface area contributed by atoms with Gasteiger partial charge in [0.2, 0.25) is 0 Å². The number of phenols is 1. The van der Waals surface area contributed by atoms with Gasteiger partial charge in [-0.1, -0.05) is 24.3 Å². The summed E-state index contributed by atoms with van der Waals surface area (Å²) in [4.78, 5) is 6.58. The lowest BCUT2D eigenvalue weighted by Gasteiger charge is -2.19. The fourth-order valence-corrected chi connectivity index (χ4v) is 5.14. The van der Waals surface area contributed by atoms with Crippen molar-refractivity contribution in [3.05, 3.63) is 76.4 Å². The maximum atomic E-state index is 12.5. The first-order chi connectivity index (χ1) is 17.1. The van der Waals surface area contributed by atoms with Crippen molar-refractivity contribution >= 4 is 11.8 Å². The maximum absolute atomic E-state index is 12.5. The molecule has 2 aromatic rings. The van der Waals surface area contributed by atoms with Gasteiger partial charge >= 0.3 is 0 Å². The number of aromatic hydroxyl groups is 1. The van der Waals surface area contributed by atoms with E-state index >= 15 is 0 Å². The molecule has 1 heterocycles. The van der Waals surface area contributed by atoms with Gasteiger partial charge in [-0.05, 0) is 96.7 Å². The van der Waals surface area contributed by atoms with Gasteiger partial charge in [0.05, 0.1) is 13.3 Å².